The van der Waals surface area contributed by atoms with Crippen molar-refractivity contribution in [2.24, 2.45) is 0 Å². The number of ether oxygens (including phenoxy) is 10. The van der Waals surface area contributed by atoms with Crippen LogP contribution in [0.5, 0.6) is 0 Å². The maximum absolute atomic E-state index is 13.4. The van der Waals surface area contributed by atoms with E-state index in [0.717, 1.165) is 38.5 Å². The number of nitrogens with zero attached hydrogens (tertiary/aromatic N) is 14. The zero-order valence-corrected chi connectivity index (χ0v) is 51.1. The third-order valence-corrected chi connectivity index (χ3v) is 20.1. The number of aliphatic hydroxyl groups is 2. The van der Waals surface area contributed by atoms with Crippen LogP contribution in [-0.2, 0) is 69.7 Å². The number of aliphatic hydroxyl groups excluding tert-OH is 2. The van der Waals surface area contributed by atoms with E-state index < -0.39 is 113 Å². The molecule has 2 aliphatic carbocycles. The van der Waals surface area contributed by atoms with E-state index in [0.29, 0.717) is 45.6 Å². The van der Waals surface area contributed by atoms with Crippen molar-refractivity contribution in [3.63, 3.8) is 0 Å². The van der Waals surface area contributed by atoms with Gasteiger partial charge in [-0.1, -0.05) is 36.1 Å². The molecule has 12 rings (SSSR count). The number of halogens is 2. The number of hydrogen-bond acceptors (Lipinski definition) is 28. The third kappa shape index (κ3) is 13.3. The summed E-state index contributed by atoms with van der Waals surface area (Å²) in [5.74, 6) is -0.255. The lowest BCUT2D eigenvalue weighted by Gasteiger charge is -2.36. The van der Waals surface area contributed by atoms with E-state index in [2.05, 4.69) is 82.0 Å². The van der Waals surface area contributed by atoms with Gasteiger partial charge in [0.25, 0.3) is 0 Å². The molecule has 4 aliphatic heterocycles. The van der Waals surface area contributed by atoms with Crippen molar-refractivity contribution < 1.29 is 76.5 Å². The van der Waals surface area contributed by atoms with Gasteiger partial charge in [-0.2, -0.15) is 40.6 Å². The molecule has 4 saturated heterocycles. The van der Waals surface area contributed by atoms with Gasteiger partial charge in [0.05, 0.1) is 62.8 Å². The summed E-state index contributed by atoms with van der Waals surface area (Å²) in [5.41, 5.74) is 0.902. The van der Waals surface area contributed by atoms with Crippen LogP contribution in [0.4, 0.5) is 11.6 Å². The van der Waals surface area contributed by atoms with Crippen molar-refractivity contribution in [3.8, 4) is 0 Å². The van der Waals surface area contributed by atoms with Crippen molar-refractivity contribution in [2.75, 3.05) is 63.6 Å². The Kier molecular flexibility index (Phi) is 18.5. The van der Waals surface area contributed by atoms with Gasteiger partial charge in [-0.3, -0.25) is 4.57 Å². The quantitative estimate of drug-likeness (QED) is 0.0319. The summed E-state index contributed by atoms with van der Waals surface area (Å²) in [5, 5.41) is 60.8. The topological polar surface area (TPSA) is 428 Å². The van der Waals surface area contributed by atoms with Crippen LogP contribution in [0.15, 0.2) is 12.4 Å². The fraction of sp³-hybridized carbons (Fsp3) is 0.750. The van der Waals surface area contributed by atoms with E-state index >= 15 is 0 Å². The van der Waals surface area contributed by atoms with Crippen molar-refractivity contribution in [2.45, 2.75) is 176 Å². The summed E-state index contributed by atoms with van der Waals surface area (Å²) in [6.07, 6.45) is 6.41. The molecule has 10 heterocycles. The minimum atomic E-state index is -5.09. The highest BCUT2D eigenvalue weighted by Gasteiger charge is 2.60. The number of nitrogens with one attached hydrogen (secondary N) is 4. The number of aromatic amines is 2. The molecular weight excluding hydrogens is 1220 g/mol. The standard InChI is InChI=1S/C25H37ClN9O7P.C23H33ClN9O9P/c1-24(2)41-18-16(10-39-25(12-36,43(3,4)37)13-38-11-17-31-33-34-32-17)40-22(19(18)42-24)35-21-15(9-27-35)20(29-23(26)30-21)28-14-7-5-6-8-14;1-22(2)41-16-14(8-39-23(10-34,43(35,36)37)11-38-9-15-29-31-32-30-15)40-20(17(16)42-22)33-19-13(7-25-33)18(27-21(24)28-19)26-12-5-3-4-6-12/h9,14,16,18-19,22,36H,5-8,10-13H2,1-4H3,(H,28,29,30)(H,31,32,33,34);7,12,14,16-17,20,34H,3-6,8-11H2,1-2H3,(H,26,27,28)(H2,35,36,37)(H,29,30,31,32)/t16-,18-,19-,22-,25-;14-,16-,17-,20-,23+/m11/s1. The molecule has 0 unspecified atom stereocenters. The van der Waals surface area contributed by atoms with Gasteiger partial charge in [-0.05, 0) is 89.9 Å². The van der Waals surface area contributed by atoms with Gasteiger partial charge in [0.1, 0.15) is 68.6 Å². The predicted octanol–water partition coefficient (Wildman–Crippen LogP) is 3.17. The molecule has 6 fully saturated rings. The first-order valence-corrected chi connectivity index (χ1v) is 33.0. The number of H-pyrrole nitrogens is 2. The van der Waals surface area contributed by atoms with Crippen LogP contribution in [-0.4, -0.2) is 225 Å². The highest BCUT2D eigenvalue weighted by molar-refractivity contribution is 7.63. The summed E-state index contributed by atoms with van der Waals surface area (Å²) in [6.45, 7) is 7.05. The lowest BCUT2D eigenvalue weighted by molar-refractivity contribution is -0.208. The number of rotatable bonds is 24. The monoisotopic (exact) mass is 1290 g/mol. The van der Waals surface area contributed by atoms with E-state index in [-0.39, 0.29) is 48.9 Å². The van der Waals surface area contributed by atoms with Gasteiger partial charge >= 0.3 is 7.60 Å². The maximum Gasteiger partial charge on any atom is 0.361 e. The number of anilines is 2. The molecule has 0 aromatic carbocycles. The molecule has 0 radical (unpaired) electrons. The summed E-state index contributed by atoms with van der Waals surface area (Å²) in [4.78, 5) is 38.0. The van der Waals surface area contributed by atoms with Crippen molar-refractivity contribution in [3.05, 3.63) is 34.6 Å². The Hall–Kier alpha value is -4.68. The Balaban J connectivity index is 0.000000179. The normalized spacial score (nSPS) is 27.1. The Bertz CT molecular complexity index is 3150. The van der Waals surface area contributed by atoms with E-state index in [1.54, 1.807) is 30.9 Å². The van der Waals surface area contributed by atoms with Gasteiger partial charge in [-0.15, -0.1) is 20.4 Å². The van der Waals surface area contributed by atoms with Crippen LogP contribution in [0.3, 0.4) is 0 Å². The Morgan fingerprint density at radius 1 is 0.651 bits per heavy atom. The molecular formula is C48H70Cl2N18O16P2. The predicted molar refractivity (Wildman–Crippen MR) is 299 cm³/mol. The van der Waals surface area contributed by atoms with Crippen molar-refractivity contribution >= 4 is 71.6 Å². The van der Waals surface area contributed by atoms with Crippen LogP contribution >= 0.6 is 37.9 Å². The first kappa shape index (κ1) is 62.9. The molecule has 0 bridgehead atoms. The van der Waals surface area contributed by atoms with Crippen LogP contribution in [0.1, 0.15) is 103 Å². The Morgan fingerprint density at radius 2 is 1.06 bits per heavy atom. The average Bonchev–Trinajstić information content (AvgIpc) is 2.88. The summed E-state index contributed by atoms with van der Waals surface area (Å²) < 4.78 is 89.8. The van der Waals surface area contributed by atoms with E-state index in [1.807, 2.05) is 13.8 Å². The smallest absolute Gasteiger partial charge is 0.361 e. The maximum atomic E-state index is 13.4. The molecule has 38 heteroatoms. The SMILES string of the molecule is CC1(C)O[C@@H]2[C@H](O1)[C@@H](CO[C@@](CO)(COCc1nn[nH]n1)P(C)(C)=O)O[C@H]2n1ncc2c(NC3CCCC3)nc(Cl)nc21.CC1(C)O[C@@H]2[C@H](O1)[C@@H](CO[C@](CO)(COCc1nn[nH]n1)P(=O)(O)O)O[C@H]2n1ncc2c(NC3CCCC3)nc(Cl)nc21. The molecule has 0 amide bonds. The van der Waals surface area contributed by atoms with E-state index in [4.69, 9.17) is 70.6 Å². The molecule has 10 atom stereocenters. The first-order valence-electron chi connectivity index (χ1n) is 28.0. The molecule has 8 N–H and O–H groups in total. The number of hydrogen-bond donors (Lipinski definition) is 8. The average molecular weight is 1290 g/mol. The largest absolute Gasteiger partial charge is 0.393 e. The summed E-state index contributed by atoms with van der Waals surface area (Å²) in [7, 11) is -8.18. The highest BCUT2D eigenvalue weighted by atomic mass is 35.5. The molecule has 2 saturated carbocycles. The molecule has 472 valence electrons. The Labute approximate surface area is 500 Å². The van der Waals surface area contributed by atoms with Gasteiger partial charge in [0.15, 0.2) is 52.3 Å². The van der Waals surface area contributed by atoms with Gasteiger partial charge in [-0.25, -0.2) is 9.36 Å². The lowest BCUT2D eigenvalue weighted by atomic mass is 10.1. The van der Waals surface area contributed by atoms with E-state index in [9.17, 15) is 29.1 Å². The zero-order chi connectivity index (χ0) is 60.8. The highest BCUT2D eigenvalue weighted by Crippen LogP contribution is 2.54. The van der Waals surface area contributed by atoms with Gasteiger partial charge in [0.2, 0.25) is 15.9 Å². The van der Waals surface area contributed by atoms with Crippen LogP contribution in [0.2, 0.25) is 10.6 Å². The second-order valence-electron chi connectivity index (χ2n) is 23.2. The van der Waals surface area contributed by atoms with Crippen molar-refractivity contribution in [1.82, 2.24) is 80.7 Å². The molecule has 6 aliphatic rings. The van der Waals surface area contributed by atoms with Crippen LogP contribution in [0.25, 0.3) is 22.1 Å². The fourth-order valence-electron chi connectivity index (χ4n) is 11.5. The third-order valence-electron chi connectivity index (χ3n) is 15.9. The van der Waals surface area contributed by atoms with Crippen molar-refractivity contribution in [1.29, 1.82) is 0 Å². The molecule has 6 aromatic rings. The summed E-state index contributed by atoms with van der Waals surface area (Å²) in [6, 6.07) is 0.588. The second-order valence-corrected chi connectivity index (χ2v) is 29.3. The minimum Gasteiger partial charge on any atom is -0.393 e. The summed E-state index contributed by atoms with van der Waals surface area (Å²) >= 11 is 12.7. The lowest BCUT2D eigenvalue weighted by Crippen LogP contribution is -2.45. The fourth-order valence-corrected chi connectivity index (χ4v) is 13.6. The van der Waals surface area contributed by atoms with Gasteiger partial charge in [0, 0.05) is 12.1 Å². The zero-order valence-electron chi connectivity index (χ0n) is 47.8. The second kappa shape index (κ2) is 25.3. The number of fused-ring (bicyclic) bond motifs is 4. The number of aromatic nitrogens is 16. The van der Waals surface area contributed by atoms with Crippen LogP contribution in [0, 0.1) is 0 Å². The molecule has 86 heavy (non-hydrogen) atoms. The number of tetrazole rings is 2. The molecule has 6 aromatic heterocycles. The molecule has 0 spiro atoms. The molecule has 34 nitrogen and oxygen atoms in total. The van der Waals surface area contributed by atoms with E-state index in [1.165, 1.54) is 30.9 Å². The minimum absolute atomic E-state index is 0.00612. The Morgan fingerprint density at radius 3 is 1.44 bits per heavy atom. The first-order chi connectivity index (χ1) is 41.0. The van der Waals surface area contributed by atoms with Crippen LogP contribution < -0.4 is 10.6 Å². The van der Waals surface area contributed by atoms with Gasteiger partial charge < -0.3 is 82.6 Å².